The number of morpholine rings is 1. The molecule has 1 fully saturated rings. The number of nitrogens with zero attached hydrogens (tertiary/aromatic N) is 2. The van der Waals surface area contributed by atoms with E-state index in [0.29, 0.717) is 24.8 Å². The molecule has 0 saturated carbocycles. The summed E-state index contributed by atoms with van der Waals surface area (Å²) in [5, 5.41) is 3.90. The Labute approximate surface area is 154 Å². The molecule has 1 aliphatic heterocycles. The maximum Gasteiger partial charge on any atom is 0.269 e. The number of hydrogen-bond acceptors (Lipinski definition) is 5. The number of rotatable bonds is 6. The van der Waals surface area contributed by atoms with Crippen molar-refractivity contribution in [1.82, 2.24) is 15.2 Å². The second-order valence-corrected chi connectivity index (χ2v) is 7.11. The third-order valence-corrected chi connectivity index (χ3v) is 4.47. The molecule has 140 valence electrons. The Morgan fingerprint density at radius 2 is 2.23 bits per heavy atom. The predicted molar refractivity (Wildman–Crippen MR) is 102 cm³/mol. The zero-order valence-electron chi connectivity index (χ0n) is 15.7. The molecule has 0 bridgehead atoms. The van der Waals surface area contributed by atoms with Gasteiger partial charge in [0.2, 0.25) is 0 Å². The first-order valence-electron chi connectivity index (χ1n) is 9.12. The van der Waals surface area contributed by atoms with Crippen LogP contribution in [0.1, 0.15) is 24.3 Å². The fourth-order valence-corrected chi connectivity index (χ4v) is 3.24. The van der Waals surface area contributed by atoms with Crippen molar-refractivity contribution >= 4 is 16.8 Å². The predicted octanol–water partition coefficient (Wildman–Crippen LogP) is 2.33. The van der Waals surface area contributed by atoms with Crippen LogP contribution in [0.15, 0.2) is 30.3 Å². The Morgan fingerprint density at radius 3 is 3.00 bits per heavy atom. The standard InChI is InChI=1S/C20H27N3O3/c1-14(2)12-23-8-9-26-17(13-23)11-21-20(24)19-6-4-15-10-16(25-3)5-7-18(15)22-19/h4-7,10,14,17H,8-9,11-13H2,1-3H3,(H,21,24). The molecule has 1 aromatic carbocycles. The maximum atomic E-state index is 12.4. The lowest BCUT2D eigenvalue weighted by Crippen LogP contribution is -2.48. The molecular formula is C20H27N3O3. The van der Waals surface area contributed by atoms with Gasteiger partial charge in [0.15, 0.2) is 0 Å². The molecule has 1 saturated heterocycles. The molecule has 6 heteroatoms. The van der Waals surface area contributed by atoms with Gasteiger partial charge in [-0.3, -0.25) is 9.69 Å². The summed E-state index contributed by atoms with van der Waals surface area (Å²) < 4.78 is 11.0. The van der Waals surface area contributed by atoms with Gasteiger partial charge < -0.3 is 14.8 Å². The summed E-state index contributed by atoms with van der Waals surface area (Å²) in [5.41, 5.74) is 1.19. The van der Waals surface area contributed by atoms with Gasteiger partial charge in [0, 0.05) is 31.6 Å². The number of aromatic nitrogens is 1. The Morgan fingerprint density at radius 1 is 1.38 bits per heavy atom. The Bertz CT molecular complexity index is 763. The third-order valence-electron chi connectivity index (χ3n) is 4.47. The van der Waals surface area contributed by atoms with Crippen LogP contribution in [0.2, 0.25) is 0 Å². The maximum absolute atomic E-state index is 12.4. The zero-order chi connectivity index (χ0) is 18.5. The van der Waals surface area contributed by atoms with E-state index in [-0.39, 0.29) is 12.0 Å². The van der Waals surface area contributed by atoms with Crippen LogP contribution in [0.25, 0.3) is 10.9 Å². The van der Waals surface area contributed by atoms with E-state index in [1.54, 1.807) is 13.2 Å². The van der Waals surface area contributed by atoms with Crippen molar-refractivity contribution in [1.29, 1.82) is 0 Å². The topological polar surface area (TPSA) is 63.7 Å². The van der Waals surface area contributed by atoms with E-state index in [9.17, 15) is 4.79 Å². The lowest BCUT2D eigenvalue weighted by molar-refractivity contribution is -0.0295. The highest BCUT2D eigenvalue weighted by molar-refractivity contribution is 5.95. The van der Waals surface area contributed by atoms with E-state index in [1.165, 1.54) is 0 Å². The number of nitrogens with one attached hydrogen (secondary N) is 1. The lowest BCUT2D eigenvalue weighted by atomic mass is 10.1. The van der Waals surface area contributed by atoms with E-state index in [2.05, 4.69) is 29.0 Å². The van der Waals surface area contributed by atoms with Crippen LogP contribution in [0.3, 0.4) is 0 Å². The molecule has 1 atom stereocenters. The number of amides is 1. The Hall–Kier alpha value is -2.18. The van der Waals surface area contributed by atoms with Crippen LogP contribution in [-0.2, 0) is 4.74 Å². The molecule has 1 aliphatic rings. The van der Waals surface area contributed by atoms with Gasteiger partial charge in [-0.1, -0.05) is 19.9 Å². The molecule has 1 unspecified atom stereocenters. The van der Waals surface area contributed by atoms with Crippen molar-refractivity contribution in [3.8, 4) is 5.75 Å². The van der Waals surface area contributed by atoms with Gasteiger partial charge in [0.05, 0.1) is 25.3 Å². The van der Waals surface area contributed by atoms with E-state index < -0.39 is 0 Å². The van der Waals surface area contributed by atoms with Crippen LogP contribution in [-0.4, -0.2) is 61.8 Å². The van der Waals surface area contributed by atoms with Crippen molar-refractivity contribution in [2.45, 2.75) is 20.0 Å². The highest BCUT2D eigenvalue weighted by Gasteiger charge is 2.21. The largest absolute Gasteiger partial charge is 0.497 e. The monoisotopic (exact) mass is 357 g/mol. The smallest absolute Gasteiger partial charge is 0.269 e. The van der Waals surface area contributed by atoms with Crippen molar-refractivity contribution in [2.24, 2.45) is 5.92 Å². The van der Waals surface area contributed by atoms with Crippen LogP contribution >= 0.6 is 0 Å². The summed E-state index contributed by atoms with van der Waals surface area (Å²) in [6.07, 6.45) is 0.0242. The van der Waals surface area contributed by atoms with Crippen molar-refractivity contribution in [3.05, 3.63) is 36.0 Å². The zero-order valence-corrected chi connectivity index (χ0v) is 15.7. The number of methoxy groups -OCH3 is 1. The van der Waals surface area contributed by atoms with Crippen LogP contribution in [0.5, 0.6) is 5.75 Å². The van der Waals surface area contributed by atoms with Crippen molar-refractivity contribution in [3.63, 3.8) is 0 Å². The minimum atomic E-state index is -0.174. The molecule has 0 radical (unpaired) electrons. The van der Waals surface area contributed by atoms with Gasteiger partial charge in [-0.25, -0.2) is 4.98 Å². The Balaban J connectivity index is 1.58. The normalized spacial score (nSPS) is 18.2. The summed E-state index contributed by atoms with van der Waals surface area (Å²) in [4.78, 5) is 19.3. The van der Waals surface area contributed by atoms with Gasteiger partial charge in [0.25, 0.3) is 5.91 Å². The van der Waals surface area contributed by atoms with Crippen molar-refractivity contribution < 1.29 is 14.3 Å². The summed E-state index contributed by atoms with van der Waals surface area (Å²) >= 11 is 0. The van der Waals surface area contributed by atoms with E-state index in [1.807, 2.05) is 24.3 Å². The number of carbonyl (C=O) groups excluding carboxylic acids is 1. The molecule has 1 amide bonds. The molecule has 2 heterocycles. The molecule has 2 aromatic rings. The van der Waals surface area contributed by atoms with Gasteiger partial charge >= 0.3 is 0 Å². The van der Waals surface area contributed by atoms with Gasteiger partial charge in [-0.15, -0.1) is 0 Å². The fraction of sp³-hybridized carbons (Fsp3) is 0.500. The summed E-state index contributed by atoms with van der Waals surface area (Å²) in [6, 6.07) is 9.24. The Kier molecular flexibility index (Phi) is 6.06. The van der Waals surface area contributed by atoms with E-state index >= 15 is 0 Å². The van der Waals surface area contributed by atoms with Crippen LogP contribution in [0, 0.1) is 5.92 Å². The second-order valence-electron chi connectivity index (χ2n) is 7.11. The molecule has 1 aromatic heterocycles. The molecule has 0 aliphatic carbocycles. The molecular weight excluding hydrogens is 330 g/mol. The highest BCUT2D eigenvalue weighted by atomic mass is 16.5. The van der Waals surface area contributed by atoms with E-state index in [4.69, 9.17) is 9.47 Å². The van der Waals surface area contributed by atoms with Gasteiger partial charge in [-0.2, -0.15) is 0 Å². The SMILES string of the molecule is COc1ccc2nc(C(=O)NCC3CN(CC(C)C)CCO3)ccc2c1. The first-order valence-corrected chi connectivity index (χ1v) is 9.12. The first-order chi connectivity index (χ1) is 12.5. The highest BCUT2D eigenvalue weighted by Crippen LogP contribution is 2.19. The number of ether oxygens (including phenoxy) is 2. The second kappa shape index (κ2) is 8.47. The average Bonchev–Trinajstić information content (AvgIpc) is 2.65. The van der Waals surface area contributed by atoms with Crippen LogP contribution < -0.4 is 10.1 Å². The van der Waals surface area contributed by atoms with Crippen molar-refractivity contribution in [2.75, 3.05) is 39.9 Å². The molecule has 3 rings (SSSR count). The van der Waals surface area contributed by atoms with Gasteiger partial charge in [0.1, 0.15) is 11.4 Å². The number of fused-ring (bicyclic) bond motifs is 1. The molecule has 26 heavy (non-hydrogen) atoms. The fourth-order valence-electron chi connectivity index (χ4n) is 3.24. The lowest BCUT2D eigenvalue weighted by Gasteiger charge is -2.33. The minimum Gasteiger partial charge on any atom is -0.497 e. The molecule has 6 nitrogen and oxygen atoms in total. The number of pyridine rings is 1. The molecule has 0 spiro atoms. The summed E-state index contributed by atoms with van der Waals surface area (Å²) in [7, 11) is 1.63. The minimum absolute atomic E-state index is 0.0242. The number of carbonyl (C=O) groups is 1. The first kappa shape index (κ1) is 18.6. The van der Waals surface area contributed by atoms with Crippen LogP contribution in [0.4, 0.5) is 0 Å². The summed E-state index contributed by atoms with van der Waals surface area (Å²) in [6.45, 7) is 8.50. The van der Waals surface area contributed by atoms with Gasteiger partial charge in [-0.05, 0) is 30.2 Å². The van der Waals surface area contributed by atoms with E-state index in [0.717, 1.165) is 36.3 Å². The molecule has 1 N–H and O–H groups in total. The number of benzene rings is 1. The summed E-state index contributed by atoms with van der Waals surface area (Å²) in [5.74, 6) is 1.23. The quantitative estimate of drug-likeness (QED) is 0.860. The average molecular weight is 357 g/mol. The third kappa shape index (κ3) is 4.71. The number of hydrogen-bond donors (Lipinski definition) is 1.